The molecule has 0 fully saturated rings. The van der Waals surface area contributed by atoms with E-state index in [-0.39, 0.29) is 18.4 Å². The molecule has 0 rings (SSSR count). The van der Waals surface area contributed by atoms with Gasteiger partial charge in [-0.3, -0.25) is 19.2 Å². The number of hydrogen-bond acceptors (Lipinski definition) is 4. The maximum atomic E-state index is 12.0. The van der Waals surface area contributed by atoms with E-state index in [2.05, 4.69) is 28.2 Å². The maximum absolute atomic E-state index is 12.0. The quantitative estimate of drug-likeness (QED) is 0.267. The number of rotatable bonds is 17. The van der Waals surface area contributed by atoms with E-state index in [1.807, 2.05) is 0 Å². The zero-order valence-corrected chi connectivity index (χ0v) is 19.3. The minimum absolute atomic E-state index is 0.239. The van der Waals surface area contributed by atoms with Gasteiger partial charge in [0.25, 0.3) is 0 Å². The van der Waals surface area contributed by atoms with E-state index in [4.69, 9.17) is 0 Å². The lowest BCUT2D eigenvalue weighted by Gasteiger charge is -2.16. The lowest BCUT2D eigenvalue weighted by atomic mass is 10.1. The van der Waals surface area contributed by atoms with Crippen LogP contribution in [0.15, 0.2) is 0 Å². The van der Waals surface area contributed by atoms with Crippen molar-refractivity contribution in [2.24, 2.45) is 0 Å². The minimum Gasteiger partial charge on any atom is -0.354 e. The SMILES string of the molecule is CCCCCCCCCCCCNC(=O)[C@H](C)NC(=O)CNC(=O)[C@@H](C)NC(C)=O. The Kier molecular flexibility index (Phi) is 16.5. The molecule has 174 valence electrons. The average molecular weight is 427 g/mol. The van der Waals surface area contributed by atoms with E-state index in [0.717, 1.165) is 12.8 Å². The Balaban J connectivity index is 3.75. The summed E-state index contributed by atoms with van der Waals surface area (Å²) in [7, 11) is 0. The van der Waals surface area contributed by atoms with Crippen LogP contribution < -0.4 is 21.3 Å². The van der Waals surface area contributed by atoms with Crippen molar-refractivity contribution in [3.05, 3.63) is 0 Å². The van der Waals surface area contributed by atoms with Gasteiger partial charge in [0.1, 0.15) is 12.1 Å². The smallest absolute Gasteiger partial charge is 0.242 e. The molecular weight excluding hydrogens is 384 g/mol. The van der Waals surface area contributed by atoms with Crippen LogP contribution in [0.1, 0.15) is 91.9 Å². The fraction of sp³-hybridized carbons (Fsp3) is 0.818. The predicted octanol–water partition coefficient (Wildman–Crippen LogP) is 2.17. The van der Waals surface area contributed by atoms with Gasteiger partial charge in [0.2, 0.25) is 23.6 Å². The fourth-order valence-corrected chi connectivity index (χ4v) is 3.03. The number of amides is 4. The summed E-state index contributed by atoms with van der Waals surface area (Å²) < 4.78 is 0. The van der Waals surface area contributed by atoms with Crippen LogP contribution in [0.25, 0.3) is 0 Å². The summed E-state index contributed by atoms with van der Waals surface area (Å²) in [5.74, 6) is -1.48. The second-order valence-corrected chi connectivity index (χ2v) is 7.90. The van der Waals surface area contributed by atoms with Gasteiger partial charge in [-0.05, 0) is 20.3 Å². The monoisotopic (exact) mass is 426 g/mol. The molecule has 0 aliphatic heterocycles. The first-order chi connectivity index (χ1) is 14.3. The van der Waals surface area contributed by atoms with Gasteiger partial charge in [-0.1, -0.05) is 64.7 Å². The Morgan fingerprint density at radius 3 is 1.67 bits per heavy atom. The first kappa shape index (κ1) is 27.9. The summed E-state index contributed by atoms with van der Waals surface area (Å²) in [6.07, 6.45) is 12.4. The summed E-state index contributed by atoms with van der Waals surface area (Å²) in [5.41, 5.74) is 0. The zero-order valence-electron chi connectivity index (χ0n) is 19.3. The molecule has 0 radical (unpaired) electrons. The Hall–Kier alpha value is -2.12. The number of unbranched alkanes of at least 4 members (excludes halogenated alkanes) is 9. The molecule has 4 N–H and O–H groups in total. The van der Waals surface area contributed by atoms with Crippen LogP contribution in [-0.4, -0.2) is 48.8 Å². The van der Waals surface area contributed by atoms with Gasteiger partial charge in [0.05, 0.1) is 6.54 Å². The second kappa shape index (κ2) is 17.7. The topological polar surface area (TPSA) is 116 Å². The molecule has 0 aromatic carbocycles. The van der Waals surface area contributed by atoms with Crippen LogP contribution in [0.2, 0.25) is 0 Å². The van der Waals surface area contributed by atoms with Crippen molar-refractivity contribution in [1.29, 1.82) is 0 Å². The lowest BCUT2D eigenvalue weighted by Crippen LogP contribution is -2.50. The third-order valence-corrected chi connectivity index (χ3v) is 4.84. The third kappa shape index (κ3) is 15.8. The van der Waals surface area contributed by atoms with E-state index in [0.29, 0.717) is 6.54 Å². The molecule has 8 heteroatoms. The molecule has 8 nitrogen and oxygen atoms in total. The Morgan fingerprint density at radius 2 is 1.13 bits per heavy atom. The molecule has 0 aliphatic rings. The highest BCUT2D eigenvalue weighted by Crippen LogP contribution is 2.10. The van der Waals surface area contributed by atoms with Crippen LogP contribution >= 0.6 is 0 Å². The lowest BCUT2D eigenvalue weighted by molar-refractivity contribution is -0.130. The van der Waals surface area contributed by atoms with Crippen molar-refractivity contribution >= 4 is 23.6 Å². The number of hydrogen-bond donors (Lipinski definition) is 4. The molecule has 2 atom stereocenters. The predicted molar refractivity (Wildman–Crippen MR) is 119 cm³/mol. The van der Waals surface area contributed by atoms with Crippen molar-refractivity contribution < 1.29 is 19.2 Å². The first-order valence-corrected chi connectivity index (χ1v) is 11.4. The first-order valence-electron chi connectivity index (χ1n) is 11.4. The van der Waals surface area contributed by atoms with Crippen molar-refractivity contribution in [2.75, 3.05) is 13.1 Å². The van der Waals surface area contributed by atoms with Crippen molar-refractivity contribution in [3.8, 4) is 0 Å². The van der Waals surface area contributed by atoms with E-state index < -0.39 is 23.9 Å². The van der Waals surface area contributed by atoms with Gasteiger partial charge >= 0.3 is 0 Å². The second-order valence-electron chi connectivity index (χ2n) is 7.90. The Bertz CT molecular complexity index is 525. The number of carbonyl (C=O) groups excluding carboxylic acids is 4. The molecule has 0 spiro atoms. The Morgan fingerprint density at radius 1 is 0.667 bits per heavy atom. The van der Waals surface area contributed by atoms with Crippen molar-refractivity contribution in [3.63, 3.8) is 0 Å². The van der Waals surface area contributed by atoms with Gasteiger partial charge in [-0.2, -0.15) is 0 Å². The highest BCUT2D eigenvalue weighted by atomic mass is 16.2. The standard InChI is InChI=1S/C22H42N4O4/c1-5-6-7-8-9-10-11-12-13-14-15-23-21(29)18(3)26-20(28)16-24-22(30)17(2)25-19(4)27/h17-18H,5-16H2,1-4H3,(H,23,29)(H,24,30)(H,25,27)(H,26,28)/t17-,18+/m1/s1. The summed E-state index contributed by atoms with van der Waals surface area (Å²) in [5, 5.41) is 10.2. The molecule has 0 aliphatic carbocycles. The zero-order chi connectivity index (χ0) is 22.8. The third-order valence-electron chi connectivity index (χ3n) is 4.84. The van der Waals surface area contributed by atoms with Crippen molar-refractivity contribution in [1.82, 2.24) is 21.3 Å². The van der Waals surface area contributed by atoms with Crippen LogP contribution in [-0.2, 0) is 19.2 Å². The highest BCUT2D eigenvalue weighted by Gasteiger charge is 2.17. The normalized spacial score (nSPS) is 12.5. The molecule has 30 heavy (non-hydrogen) atoms. The number of carbonyl (C=O) groups is 4. The molecule has 4 amide bonds. The average Bonchev–Trinajstić information content (AvgIpc) is 2.69. The van der Waals surface area contributed by atoms with Crippen LogP contribution in [0.5, 0.6) is 0 Å². The summed E-state index contributed by atoms with van der Waals surface area (Å²) in [4.78, 5) is 46.6. The molecule has 0 heterocycles. The molecule has 0 aromatic heterocycles. The number of nitrogens with one attached hydrogen (secondary N) is 4. The largest absolute Gasteiger partial charge is 0.354 e. The molecule has 0 saturated carbocycles. The van der Waals surface area contributed by atoms with Gasteiger partial charge < -0.3 is 21.3 Å². The molecule has 0 saturated heterocycles. The van der Waals surface area contributed by atoms with Crippen molar-refractivity contribution in [2.45, 2.75) is 104 Å². The Labute approximate surface area is 181 Å². The maximum Gasteiger partial charge on any atom is 0.242 e. The van der Waals surface area contributed by atoms with E-state index in [1.54, 1.807) is 6.92 Å². The molecule has 0 unspecified atom stereocenters. The summed E-state index contributed by atoms with van der Waals surface area (Å²) >= 11 is 0. The van der Waals surface area contributed by atoms with Crippen LogP contribution in [0.3, 0.4) is 0 Å². The van der Waals surface area contributed by atoms with Crippen LogP contribution in [0, 0.1) is 0 Å². The molecule has 0 bridgehead atoms. The van der Waals surface area contributed by atoms with E-state index in [9.17, 15) is 19.2 Å². The van der Waals surface area contributed by atoms with Gasteiger partial charge in [-0.15, -0.1) is 0 Å². The van der Waals surface area contributed by atoms with E-state index in [1.165, 1.54) is 65.2 Å². The van der Waals surface area contributed by atoms with Gasteiger partial charge in [-0.25, -0.2) is 0 Å². The minimum atomic E-state index is -0.725. The van der Waals surface area contributed by atoms with E-state index >= 15 is 0 Å². The molecule has 0 aromatic rings. The van der Waals surface area contributed by atoms with Gasteiger partial charge in [0.15, 0.2) is 0 Å². The fourth-order valence-electron chi connectivity index (χ4n) is 3.03. The molecular formula is C22H42N4O4. The van der Waals surface area contributed by atoms with Crippen LogP contribution in [0.4, 0.5) is 0 Å². The summed E-state index contributed by atoms with van der Waals surface area (Å²) in [6, 6.07) is -1.40. The highest BCUT2D eigenvalue weighted by molar-refractivity contribution is 5.91. The summed E-state index contributed by atoms with van der Waals surface area (Å²) in [6.45, 7) is 7.02. The van der Waals surface area contributed by atoms with Gasteiger partial charge in [0, 0.05) is 13.5 Å².